The highest BCUT2D eigenvalue weighted by atomic mass is 16.5. The maximum atomic E-state index is 12.8. The van der Waals surface area contributed by atoms with Crippen molar-refractivity contribution in [3.05, 3.63) is 119 Å². The lowest BCUT2D eigenvalue weighted by Gasteiger charge is -2.09. The van der Waals surface area contributed by atoms with Gasteiger partial charge in [0.25, 0.3) is 0 Å². The number of benzene rings is 4. The predicted octanol–water partition coefficient (Wildman–Crippen LogP) is 6.66. The summed E-state index contributed by atoms with van der Waals surface area (Å²) in [5, 5.41) is 19.3. The average molecular weight is 440 g/mol. The molecule has 0 radical (unpaired) electrons. The van der Waals surface area contributed by atoms with E-state index in [0.29, 0.717) is 16.9 Å². The summed E-state index contributed by atoms with van der Waals surface area (Å²) in [6.07, 6.45) is 0. The Morgan fingerprint density at radius 1 is 0.706 bits per heavy atom. The van der Waals surface area contributed by atoms with E-state index in [1.165, 1.54) is 0 Å². The molecule has 0 bridgehead atoms. The summed E-state index contributed by atoms with van der Waals surface area (Å²) in [5.74, 6) is 0.653. The van der Waals surface area contributed by atoms with Crippen molar-refractivity contribution in [3.8, 4) is 45.9 Å². The molecule has 0 unspecified atom stereocenters. The quantitative estimate of drug-likeness (QED) is 0.292. The first-order valence-corrected chi connectivity index (χ1v) is 10.5. The van der Waals surface area contributed by atoms with E-state index >= 15 is 0 Å². The van der Waals surface area contributed by atoms with E-state index in [2.05, 4.69) is 0 Å². The molecular formula is C29H16N2O3. The van der Waals surface area contributed by atoms with Gasteiger partial charge in [0.05, 0.1) is 11.1 Å². The number of rotatable bonds is 4. The topological polar surface area (TPSA) is 87.0 Å². The lowest BCUT2D eigenvalue weighted by Crippen LogP contribution is -2.02. The minimum atomic E-state index is -0.457. The molecule has 0 aliphatic heterocycles. The zero-order valence-corrected chi connectivity index (χ0v) is 17.9. The molecule has 1 heterocycles. The minimum absolute atomic E-state index is 0.154. The zero-order chi connectivity index (χ0) is 23.5. The van der Waals surface area contributed by atoms with E-state index in [-0.39, 0.29) is 16.9 Å². The largest absolute Gasteiger partial charge is 0.456 e. The Morgan fingerprint density at radius 3 is 2.18 bits per heavy atom. The van der Waals surface area contributed by atoms with E-state index in [9.17, 15) is 15.3 Å². The monoisotopic (exact) mass is 440 g/mol. The fourth-order valence-corrected chi connectivity index (χ4v) is 3.78. The van der Waals surface area contributed by atoms with Crippen LogP contribution in [0.4, 0.5) is 0 Å². The van der Waals surface area contributed by atoms with E-state index < -0.39 is 5.63 Å². The predicted molar refractivity (Wildman–Crippen MR) is 129 cm³/mol. The van der Waals surface area contributed by atoms with Gasteiger partial charge in [0.1, 0.15) is 34.8 Å². The molecule has 5 heteroatoms. The van der Waals surface area contributed by atoms with Crippen LogP contribution in [0.15, 0.2) is 106 Å². The van der Waals surface area contributed by atoms with Gasteiger partial charge in [0.15, 0.2) is 0 Å². The lowest BCUT2D eigenvalue weighted by atomic mass is 10.0. The van der Waals surface area contributed by atoms with Crippen molar-refractivity contribution in [3.63, 3.8) is 0 Å². The second-order valence-electron chi connectivity index (χ2n) is 7.59. The van der Waals surface area contributed by atoms with Crippen LogP contribution >= 0.6 is 0 Å². The van der Waals surface area contributed by atoms with Crippen LogP contribution in [0.5, 0.6) is 11.5 Å². The lowest BCUT2D eigenvalue weighted by molar-refractivity contribution is 0.479. The summed E-state index contributed by atoms with van der Waals surface area (Å²) >= 11 is 0. The second-order valence-corrected chi connectivity index (χ2v) is 7.59. The zero-order valence-electron chi connectivity index (χ0n) is 17.9. The molecule has 4 aromatic carbocycles. The molecule has 0 aliphatic carbocycles. The van der Waals surface area contributed by atoms with Crippen LogP contribution in [0.1, 0.15) is 11.1 Å². The summed E-state index contributed by atoms with van der Waals surface area (Å²) < 4.78 is 11.4. The Labute approximate surface area is 195 Å². The fraction of sp³-hybridized carbons (Fsp3) is 0. The summed E-state index contributed by atoms with van der Waals surface area (Å²) in [5.41, 5.74) is 3.69. The third kappa shape index (κ3) is 3.90. The van der Waals surface area contributed by atoms with Crippen molar-refractivity contribution in [2.45, 2.75) is 0 Å². The molecular weight excluding hydrogens is 424 g/mol. The summed E-state index contributed by atoms with van der Waals surface area (Å²) in [6, 6.07) is 33.5. The molecule has 0 N–H and O–H groups in total. The first-order chi connectivity index (χ1) is 16.7. The highest BCUT2D eigenvalue weighted by Gasteiger charge is 2.12. The van der Waals surface area contributed by atoms with Crippen molar-refractivity contribution in [2.24, 2.45) is 0 Å². The molecule has 0 spiro atoms. The van der Waals surface area contributed by atoms with Gasteiger partial charge in [-0.05, 0) is 47.0 Å². The van der Waals surface area contributed by atoms with Crippen LogP contribution in [0.3, 0.4) is 0 Å². The highest BCUT2D eigenvalue weighted by molar-refractivity contribution is 5.83. The van der Waals surface area contributed by atoms with Crippen LogP contribution < -0.4 is 10.4 Å². The minimum Gasteiger partial charge on any atom is -0.456 e. The molecule has 0 amide bonds. The van der Waals surface area contributed by atoms with Crippen LogP contribution in [0.2, 0.25) is 0 Å². The molecule has 1 aromatic heterocycles. The summed E-state index contributed by atoms with van der Waals surface area (Å²) in [6.45, 7) is 0. The normalized spacial score (nSPS) is 10.4. The van der Waals surface area contributed by atoms with E-state index in [1.54, 1.807) is 42.5 Å². The molecule has 0 aliphatic rings. The van der Waals surface area contributed by atoms with E-state index in [4.69, 9.17) is 9.15 Å². The highest BCUT2D eigenvalue weighted by Crippen LogP contribution is 2.31. The van der Waals surface area contributed by atoms with Crippen molar-refractivity contribution >= 4 is 11.0 Å². The van der Waals surface area contributed by atoms with Crippen molar-refractivity contribution in [1.82, 2.24) is 0 Å². The molecule has 0 saturated carbocycles. The number of hydrogen-bond donors (Lipinski definition) is 0. The standard InChI is InChI=1S/C29H16N2O3/c30-17-23-7-4-8-27(26(23)18-31)33-24-14-13-22-15-25(29(32)34-28(22)16-24)21-11-9-20(10-12-21)19-5-2-1-3-6-19/h1-16H. The molecule has 160 valence electrons. The Bertz CT molecular complexity index is 1660. The van der Waals surface area contributed by atoms with Gasteiger partial charge in [-0.15, -0.1) is 0 Å². The molecule has 0 fully saturated rings. The first kappa shape index (κ1) is 20.8. The maximum absolute atomic E-state index is 12.8. The van der Waals surface area contributed by atoms with Crippen molar-refractivity contribution in [1.29, 1.82) is 10.5 Å². The summed E-state index contributed by atoms with van der Waals surface area (Å²) in [7, 11) is 0. The van der Waals surface area contributed by atoms with Crippen LogP contribution in [0.25, 0.3) is 33.2 Å². The smallest absolute Gasteiger partial charge is 0.344 e. The summed E-state index contributed by atoms with van der Waals surface area (Å²) in [4.78, 5) is 12.8. The third-order valence-electron chi connectivity index (χ3n) is 5.50. The number of nitrogens with zero attached hydrogens (tertiary/aromatic N) is 2. The van der Waals surface area contributed by atoms with Crippen LogP contribution in [-0.2, 0) is 0 Å². The van der Waals surface area contributed by atoms with E-state index in [1.807, 2.05) is 66.7 Å². The number of ether oxygens (including phenoxy) is 1. The van der Waals surface area contributed by atoms with Crippen LogP contribution in [-0.4, -0.2) is 0 Å². The fourth-order valence-electron chi connectivity index (χ4n) is 3.78. The van der Waals surface area contributed by atoms with Gasteiger partial charge < -0.3 is 9.15 Å². The third-order valence-corrected chi connectivity index (χ3v) is 5.50. The SMILES string of the molecule is N#Cc1cccc(Oc2ccc3cc(-c4ccc(-c5ccccc5)cc4)c(=O)oc3c2)c1C#N. The Hall–Kier alpha value is -5.13. The molecule has 5 rings (SSSR count). The Kier molecular flexibility index (Phi) is 5.36. The molecule has 34 heavy (non-hydrogen) atoms. The van der Waals surface area contributed by atoms with Crippen molar-refractivity contribution < 1.29 is 9.15 Å². The molecule has 5 nitrogen and oxygen atoms in total. The van der Waals surface area contributed by atoms with Gasteiger partial charge in [-0.2, -0.15) is 10.5 Å². The Morgan fingerprint density at radius 2 is 1.44 bits per heavy atom. The van der Waals surface area contributed by atoms with Crippen molar-refractivity contribution in [2.75, 3.05) is 0 Å². The molecule has 5 aromatic rings. The first-order valence-electron chi connectivity index (χ1n) is 10.5. The molecule has 0 atom stereocenters. The second kappa shape index (κ2) is 8.78. The van der Waals surface area contributed by atoms with Gasteiger partial charge in [-0.1, -0.05) is 60.7 Å². The average Bonchev–Trinajstić information content (AvgIpc) is 2.88. The molecule has 0 saturated heterocycles. The number of fused-ring (bicyclic) bond motifs is 1. The Balaban J connectivity index is 1.47. The van der Waals surface area contributed by atoms with Crippen LogP contribution in [0, 0.1) is 22.7 Å². The van der Waals surface area contributed by atoms with Gasteiger partial charge in [0.2, 0.25) is 0 Å². The van der Waals surface area contributed by atoms with E-state index in [0.717, 1.165) is 22.1 Å². The van der Waals surface area contributed by atoms with Gasteiger partial charge in [-0.25, -0.2) is 4.79 Å². The number of hydrogen-bond acceptors (Lipinski definition) is 5. The van der Waals surface area contributed by atoms with Gasteiger partial charge >= 0.3 is 5.63 Å². The number of nitriles is 2. The van der Waals surface area contributed by atoms with Gasteiger partial charge in [-0.3, -0.25) is 0 Å². The van der Waals surface area contributed by atoms with Gasteiger partial charge in [0, 0.05) is 11.5 Å². The maximum Gasteiger partial charge on any atom is 0.344 e.